The molecule has 2 nitrogen and oxygen atoms in total. The van der Waals surface area contributed by atoms with Crippen molar-refractivity contribution in [3.05, 3.63) is 245 Å². The van der Waals surface area contributed by atoms with Crippen molar-refractivity contribution in [3.63, 3.8) is 0 Å². The summed E-state index contributed by atoms with van der Waals surface area (Å²) in [4.78, 5) is 6.57. The highest BCUT2D eigenvalue weighted by Gasteiger charge is 2.56. The van der Waals surface area contributed by atoms with Crippen LogP contribution in [0.4, 0.5) is 34.1 Å². The lowest BCUT2D eigenvalue weighted by molar-refractivity contribution is 0.586. The number of hydrogen-bond acceptors (Lipinski definition) is 3. The topological polar surface area (TPSA) is 6.48 Å². The average Bonchev–Trinajstić information content (AvgIpc) is 4.01. The number of rotatable bonds is 4. The van der Waals surface area contributed by atoms with Gasteiger partial charge in [0, 0.05) is 43.7 Å². The number of fused-ring (bicyclic) bond motifs is 15. The molecule has 0 N–H and O–H groups in total. The van der Waals surface area contributed by atoms with Gasteiger partial charge in [0.15, 0.2) is 0 Å². The van der Waals surface area contributed by atoms with E-state index in [-0.39, 0.29) is 12.1 Å². The lowest BCUT2D eigenvalue weighted by Crippen LogP contribution is -2.60. The summed E-state index contributed by atoms with van der Waals surface area (Å²) >= 11 is 2.05. The molecule has 0 radical (unpaired) electrons. The summed E-state index contributed by atoms with van der Waals surface area (Å²) in [5, 5.41) is 0. The van der Waals surface area contributed by atoms with E-state index in [9.17, 15) is 0 Å². The number of benzene rings is 9. The maximum Gasteiger partial charge on any atom is 0.264 e. The molecule has 9 aromatic carbocycles. The first-order valence-electron chi connectivity index (χ1n) is 24.0. The molecule has 3 heterocycles. The van der Waals surface area contributed by atoms with E-state index in [1.54, 1.807) is 0 Å². The van der Waals surface area contributed by atoms with Crippen LogP contribution in [0.2, 0.25) is 0 Å². The molecule has 0 bridgehead atoms. The number of anilines is 6. The van der Waals surface area contributed by atoms with Gasteiger partial charge in [-0.3, -0.25) is 0 Å². The minimum atomic E-state index is -0.444. The zero-order valence-electron chi connectivity index (χ0n) is 38.6. The van der Waals surface area contributed by atoms with Crippen LogP contribution in [0.5, 0.6) is 0 Å². The number of hydrogen-bond donors (Lipinski definition) is 0. The van der Waals surface area contributed by atoms with Crippen molar-refractivity contribution in [2.24, 2.45) is 0 Å². The molecule has 10 aromatic rings. The maximum atomic E-state index is 2.61. The smallest absolute Gasteiger partial charge is 0.264 e. The molecule has 0 atom stereocenters. The molecule has 2 aliphatic carbocycles. The maximum absolute atomic E-state index is 2.61. The third-order valence-corrected chi connectivity index (χ3v) is 16.7. The highest BCUT2D eigenvalue weighted by molar-refractivity contribution is 7.30. The minimum Gasteiger partial charge on any atom is -0.311 e. The molecule has 322 valence electrons. The van der Waals surface area contributed by atoms with Crippen LogP contribution in [0.1, 0.15) is 53.5 Å². The standard InChI is InChI=1S/C64H47BN2S/c1-40-37-48(41-21-8-5-9-22-41)49(39-53(40)63(2,3)4)42-35-36-54-57(38-42)66(43-23-10-6-11-24-43)55-33-20-34-56-59(55)65(54)62-60(67(56)44-25-12-7-13-26-44)58-47-29-16-19-32-52(47)64(61(58)68-62)50-30-17-14-27-45(50)46-28-15-18-31-51(46)64/h5-39H,1-4H3. The van der Waals surface area contributed by atoms with Crippen molar-refractivity contribution in [1.29, 1.82) is 0 Å². The summed E-state index contributed by atoms with van der Waals surface area (Å²) in [7, 11) is 0. The Hall–Kier alpha value is -7.66. The molecular weight excluding hydrogens is 840 g/mol. The third kappa shape index (κ3) is 5.30. The summed E-state index contributed by atoms with van der Waals surface area (Å²) in [6.45, 7) is 9.27. The fourth-order valence-corrected chi connectivity index (χ4v) is 14.3. The van der Waals surface area contributed by atoms with E-state index in [0.29, 0.717) is 0 Å². The Balaban J connectivity index is 1.09. The number of para-hydroxylation sites is 2. The SMILES string of the molecule is Cc1cc(-c2ccccc2)c(-c2ccc3c(c2)N(c2ccccc2)c2cccc4c2B3c2sc3c(c2N4c2ccccc2)-c2ccccc2C32c3ccccc3-c3ccccc32)cc1C(C)(C)C. The molecule has 1 spiro atoms. The largest absolute Gasteiger partial charge is 0.311 e. The van der Waals surface area contributed by atoms with E-state index < -0.39 is 5.41 Å². The highest BCUT2D eigenvalue weighted by Crippen LogP contribution is 2.67. The minimum absolute atomic E-state index is 0.0105. The lowest BCUT2D eigenvalue weighted by atomic mass is 9.36. The van der Waals surface area contributed by atoms with Crippen LogP contribution >= 0.6 is 11.3 Å². The molecular formula is C64H47BN2S. The Morgan fingerprint density at radius 3 is 1.62 bits per heavy atom. The summed E-state index contributed by atoms with van der Waals surface area (Å²) in [6, 6.07) is 80.1. The third-order valence-electron chi connectivity index (χ3n) is 15.3. The Morgan fingerprint density at radius 2 is 0.985 bits per heavy atom. The van der Waals surface area contributed by atoms with Crippen LogP contribution in [-0.4, -0.2) is 6.71 Å². The molecule has 4 aliphatic rings. The van der Waals surface area contributed by atoms with E-state index in [4.69, 9.17) is 0 Å². The Bertz CT molecular complexity index is 3650. The second kappa shape index (κ2) is 14.4. The Labute approximate surface area is 403 Å². The van der Waals surface area contributed by atoms with Gasteiger partial charge in [0.2, 0.25) is 0 Å². The van der Waals surface area contributed by atoms with E-state index in [1.165, 1.54) is 121 Å². The molecule has 0 saturated heterocycles. The van der Waals surface area contributed by atoms with Crippen LogP contribution in [0.15, 0.2) is 212 Å². The van der Waals surface area contributed by atoms with Crippen LogP contribution in [-0.2, 0) is 10.8 Å². The van der Waals surface area contributed by atoms with Crippen molar-refractivity contribution in [2.75, 3.05) is 9.80 Å². The number of aryl methyl sites for hydroxylation is 1. The van der Waals surface area contributed by atoms with Gasteiger partial charge in [-0.1, -0.05) is 185 Å². The normalized spacial score (nSPS) is 14.2. The monoisotopic (exact) mass is 886 g/mol. The van der Waals surface area contributed by atoms with Crippen LogP contribution in [0.3, 0.4) is 0 Å². The molecule has 2 aliphatic heterocycles. The molecule has 0 amide bonds. The van der Waals surface area contributed by atoms with Gasteiger partial charge in [0.25, 0.3) is 6.71 Å². The fourth-order valence-electron chi connectivity index (χ4n) is 12.7. The van der Waals surface area contributed by atoms with Gasteiger partial charge in [0.05, 0.1) is 11.1 Å². The zero-order chi connectivity index (χ0) is 45.5. The number of thiophene rings is 1. The zero-order valence-corrected chi connectivity index (χ0v) is 39.4. The second-order valence-corrected chi connectivity index (χ2v) is 21.0. The molecule has 0 saturated carbocycles. The summed E-state index contributed by atoms with van der Waals surface area (Å²) in [5.74, 6) is 0. The Kier molecular flexibility index (Phi) is 8.38. The van der Waals surface area contributed by atoms with Gasteiger partial charge in [-0.05, 0) is 139 Å². The quantitative estimate of drug-likeness (QED) is 0.163. The fraction of sp³-hybridized carbons (Fsp3) is 0.0938. The first kappa shape index (κ1) is 39.5. The van der Waals surface area contributed by atoms with Crippen LogP contribution < -0.4 is 25.5 Å². The van der Waals surface area contributed by atoms with E-state index in [0.717, 1.165) is 5.69 Å². The predicted molar refractivity (Wildman–Crippen MR) is 289 cm³/mol. The molecule has 4 heteroatoms. The molecule has 1 aromatic heterocycles. The van der Waals surface area contributed by atoms with Crippen LogP contribution in [0.25, 0.3) is 44.5 Å². The summed E-state index contributed by atoms with van der Waals surface area (Å²) in [5.41, 5.74) is 26.6. The summed E-state index contributed by atoms with van der Waals surface area (Å²) < 4.78 is 1.39. The van der Waals surface area contributed by atoms with Crippen molar-refractivity contribution >= 4 is 67.9 Å². The molecule has 68 heavy (non-hydrogen) atoms. The first-order chi connectivity index (χ1) is 33.3. The van der Waals surface area contributed by atoms with E-state index in [2.05, 4.69) is 250 Å². The van der Waals surface area contributed by atoms with E-state index in [1.807, 2.05) is 11.3 Å². The van der Waals surface area contributed by atoms with Crippen LogP contribution in [0, 0.1) is 6.92 Å². The van der Waals surface area contributed by atoms with Gasteiger partial charge in [-0.2, -0.15) is 0 Å². The van der Waals surface area contributed by atoms with Gasteiger partial charge in [0.1, 0.15) is 0 Å². The Morgan fingerprint density at radius 1 is 0.456 bits per heavy atom. The summed E-state index contributed by atoms with van der Waals surface area (Å²) in [6.07, 6.45) is 0. The lowest BCUT2D eigenvalue weighted by Gasteiger charge is -2.43. The predicted octanol–water partition coefficient (Wildman–Crippen LogP) is 15.1. The van der Waals surface area contributed by atoms with E-state index >= 15 is 0 Å². The number of nitrogens with zero attached hydrogens (tertiary/aromatic N) is 2. The molecule has 14 rings (SSSR count). The first-order valence-corrected chi connectivity index (χ1v) is 24.8. The van der Waals surface area contributed by atoms with Crippen molar-refractivity contribution in [2.45, 2.75) is 38.5 Å². The van der Waals surface area contributed by atoms with Crippen molar-refractivity contribution in [3.8, 4) is 44.5 Å². The second-order valence-electron chi connectivity index (χ2n) is 20.0. The van der Waals surface area contributed by atoms with Gasteiger partial charge < -0.3 is 9.80 Å². The van der Waals surface area contributed by atoms with Crippen molar-refractivity contribution < 1.29 is 0 Å². The molecule has 0 fully saturated rings. The van der Waals surface area contributed by atoms with Gasteiger partial charge >= 0.3 is 0 Å². The van der Waals surface area contributed by atoms with Crippen molar-refractivity contribution in [1.82, 2.24) is 0 Å². The highest BCUT2D eigenvalue weighted by atomic mass is 32.1. The molecule has 0 unspecified atom stereocenters. The average molecular weight is 887 g/mol. The van der Waals surface area contributed by atoms with Gasteiger partial charge in [-0.25, -0.2) is 0 Å². The van der Waals surface area contributed by atoms with Gasteiger partial charge in [-0.15, -0.1) is 11.3 Å².